The van der Waals surface area contributed by atoms with Gasteiger partial charge >= 0.3 is 17.9 Å². The summed E-state index contributed by atoms with van der Waals surface area (Å²) in [6.07, 6.45) is 13.0. The summed E-state index contributed by atoms with van der Waals surface area (Å²) in [7, 11) is 0. The van der Waals surface area contributed by atoms with Crippen molar-refractivity contribution >= 4 is 17.9 Å². The lowest BCUT2D eigenvalue weighted by atomic mass is 9.95. The van der Waals surface area contributed by atoms with E-state index in [-0.39, 0.29) is 24.1 Å². The number of carbonyl (C=O) groups is 3. The van der Waals surface area contributed by atoms with Crippen molar-refractivity contribution in [2.75, 3.05) is 26.2 Å². The Hall–Kier alpha value is -1.89. The highest BCUT2D eigenvalue weighted by Crippen LogP contribution is 2.25. The SMILES string of the molecule is CCC/C=C/CCCCCC[N+](CC(CC)C(=O)O)(CC(CC)C(=O)O)CC(CC)C(=O)O. The van der Waals surface area contributed by atoms with Crippen LogP contribution < -0.4 is 0 Å². The highest BCUT2D eigenvalue weighted by Gasteiger charge is 2.40. The van der Waals surface area contributed by atoms with Crippen LogP contribution in [0, 0.1) is 17.8 Å². The molecule has 7 nitrogen and oxygen atoms in total. The van der Waals surface area contributed by atoms with Crippen LogP contribution in [-0.2, 0) is 14.4 Å². The Labute approximate surface area is 200 Å². The van der Waals surface area contributed by atoms with E-state index in [1.165, 1.54) is 0 Å². The number of unbranched alkanes of at least 4 members (excludes halogenated alkanes) is 5. The molecule has 0 aromatic heterocycles. The van der Waals surface area contributed by atoms with Gasteiger partial charge in [-0.15, -0.1) is 0 Å². The van der Waals surface area contributed by atoms with E-state index in [2.05, 4.69) is 19.1 Å². The summed E-state index contributed by atoms with van der Waals surface area (Å²) in [5.41, 5.74) is 0. The van der Waals surface area contributed by atoms with Crippen molar-refractivity contribution in [3.8, 4) is 0 Å². The lowest BCUT2D eigenvalue weighted by Gasteiger charge is -2.43. The molecule has 0 aliphatic heterocycles. The van der Waals surface area contributed by atoms with Crippen LogP contribution in [0.5, 0.6) is 0 Å². The number of hydrogen-bond acceptors (Lipinski definition) is 3. The third kappa shape index (κ3) is 12.8. The Morgan fingerprint density at radius 1 is 0.636 bits per heavy atom. The quantitative estimate of drug-likeness (QED) is 0.117. The first-order valence-corrected chi connectivity index (χ1v) is 12.8. The molecular weight excluding hydrogens is 422 g/mol. The molecule has 192 valence electrons. The molecule has 0 rings (SSSR count). The molecule has 0 aromatic carbocycles. The Morgan fingerprint density at radius 2 is 1.03 bits per heavy atom. The fraction of sp³-hybridized carbons (Fsp3) is 0.808. The summed E-state index contributed by atoms with van der Waals surface area (Å²) in [4.78, 5) is 35.6. The van der Waals surface area contributed by atoms with Gasteiger partial charge in [0.05, 0.1) is 26.2 Å². The number of carboxylic acid groups (broad SMARTS) is 3. The molecule has 3 N–H and O–H groups in total. The maximum absolute atomic E-state index is 11.9. The van der Waals surface area contributed by atoms with E-state index in [9.17, 15) is 29.7 Å². The van der Waals surface area contributed by atoms with E-state index in [1.807, 2.05) is 20.8 Å². The molecule has 0 radical (unpaired) electrons. The van der Waals surface area contributed by atoms with E-state index < -0.39 is 35.7 Å². The van der Waals surface area contributed by atoms with Crippen molar-refractivity contribution in [2.45, 2.75) is 91.9 Å². The maximum Gasteiger partial charge on any atom is 0.312 e. The number of allylic oxidation sites excluding steroid dienone is 2. The van der Waals surface area contributed by atoms with Crippen molar-refractivity contribution in [3.63, 3.8) is 0 Å². The second-order valence-corrected chi connectivity index (χ2v) is 9.41. The average Bonchev–Trinajstić information content (AvgIpc) is 2.77. The zero-order valence-electron chi connectivity index (χ0n) is 21.3. The molecule has 0 heterocycles. The van der Waals surface area contributed by atoms with Gasteiger partial charge < -0.3 is 19.8 Å². The summed E-state index contributed by atoms with van der Waals surface area (Å²) in [5, 5.41) is 29.2. The standard InChI is InChI=1S/C26H47NO6/c1-5-9-10-11-12-13-14-15-16-17-27(18-21(6-2)24(28)29,19-22(7-3)25(30)31)20-23(8-4)26(32)33/h10-11,21-23H,5-9,12-20H2,1-4H3,(H2-,28,29,30,31,32,33)/p+1/b11-10+. The molecule has 0 aromatic rings. The first-order valence-electron chi connectivity index (χ1n) is 12.8. The number of nitrogens with zero attached hydrogens (tertiary/aromatic N) is 1. The van der Waals surface area contributed by atoms with Gasteiger partial charge in [-0.3, -0.25) is 14.4 Å². The summed E-state index contributed by atoms with van der Waals surface area (Å²) in [6.45, 7) is 9.07. The lowest BCUT2D eigenvalue weighted by Crippen LogP contribution is -2.58. The van der Waals surface area contributed by atoms with Gasteiger partial charge in [-0.2, -0.15) is 0 Å². The van der Waals surface area contributed by atoms with Gasteiger partial charge in [0.15, 0.2) is 0 Å². The van der Waals surface area contributed by atoms with Crippen LogP contribution >= 0.6 is 0 Å². The monoisotopic (exact) mass is 470 g/mol. The van der Waals surface area contributed by atoms with E-state index in [1.54, 1.807) is 0 Å². The van der Waals surface area contributed by atoms with Crippen LogP contribution in [0.15, 0.2) is 12.2 Å². The third-order valence-electron chi connectivity index (χ3n) is 6.72. The number of quaternary nitrogens is 1. The normalized spacial score (nSPS) is 16.2. The first-order chi connectivity index (χ1) is 15.7. The van der Waals surface area contributed by atoms with Crippen molar-refractivity contribution in [2.24, 2.45) is 17.8 Å². The molecule has 3 unspecified atom stereocenters. The molecule has 3 atom stereocenters. The van der Waals surface area contributed by atoms with E-state index >= 15 is 0 Å². The number of aliphatic carboxylic acids is 3. The molecule has 0 fully saturated rings. The molecule has 33 heavy (non-hydrogen) atoms. The Bertz CT molecular complexity index is 544. The first kappa shape index (κ1) is 31.1. The second-order valence-electron chi connectivity index (χ2n) is 9.41. The fourth-order valence-corrected chi connectivity index (χ4v) is 4.51. The molecular formula is C26H48NO6+. The highest BCUT2D eigenvalue weighted by molar-refractivity contribution is 5.71. The Morgan fingerprint density at radius 3 is 1.39 bits per heavy atom. The molecule has 0 aliphatic carbocycles. The molecule has 7 heteroatoms. The topological polar surface area (TPSA) is 112 Å². The molecule has 0 aliphatic rings. The van der Waals surface area contributed by atoms with E-state index in [4.69, 9.17) is 0 Å². The van der Waals surface area contributed by atoms with Crippen LogP contribution in [0.1, 0.15) is 91.9 Å². The summed E-state index contributed by atoms with van der Waals surface area (Å²) >= 11 is 0. The van der Waals surface area contributed by atoms with Gasteiger partial charge in [-0.1, -0.05) is 52.7 Å². The van der Waals surface area contributed by atoms with Crippen LogP contribution in [0.25, 0.3) is 0 Å². The summed E-state index contributed by atoms with van der Waals surface area (Å²) in [6, 6.07) is 0. The van der Waals surface area contributed by atoms with Crippen LogP contribution in [-0.4, -0.2) is 63.9 Å². The molecule has 0 spiro atoms. The molecule has 0 saturated heterocycles. The zero-order valence-corrected chi connectivity index (χ0v) is 21.3. The summed E-state index contributed by atoms with van der Waals surface area (Å²) in [5.74, 6) is -4.55. The van der Waals surface area contributed by atoms with Gasteiger partial charge in [0, 0.05) is 0 Å². The number of carboxylic acids is 3. The van der Waals surface area contributed by atoms with Gasteiger partial charge in [0.25, 0.3) is 0 Å². The van der Waals surface area contributed by atoms with Gasteiger partial charge in [-0.05, 0) is 51.4 Å². The largest absolute Gasteiger partial charge is 0.481 e. The third-order valence-corrected chi connectivity index (χ3v) is 6.72. The van der Waals surface area contributed by atoms with Crippen molar-refractivity contribution < 1.29 is 34.2 Å². The minimum Gasteiger partial charge on any atom is -0.481 e. The number of hydrogen-bond donors (Lipinski definition) is 3. The van der Waals surface area contributed by atoms with E-state index in [0.29, 0.717) is 25.8 Å². The minimum atomic E-state index is -0.898. The number of rotatable bonds is 21. The Kier molecular flexibility index (Phi) is 16.6. The fourth-order valence-electron chi connectivity index (χ4n) is 4.51. The van der Waals surface area contributed by atoms with Gasteiger partial charge in [0.2, 0.25) is 0 Å². The van der Waals surface area contributed by atoms with E-state index in [0.717, 1.165) is 44.9 Å². The molecule has 0 amide bonds. The second kappa shape index (κ2) is 17.6. The predicted molar refractivity (Wildman–Crippen MR) is 131 cm³/mol. The molecule has 0 bridgehead atoms. The van der Waals surface area contributed by atoms with Crippen molar-refractivity contribution in [1.29, 1.82) is 0 Å². The van der Waals surface area contributed by atoms with Crippen LogP contribution in [0.4, 0.5) is 0 Å². The van der Waals surface area contributed by atoms with Crippen LogP contribution in [0.2, 0.25) is 0 Å². The molecule has 0 saturated carbocycles. The smallest absolute Gasteiger partial charge is 0.312 e. The Balaban J connectivity index is 5.57. The average molecular weight is 471 g/mol. The van der Waals surface area contributed by atoms with Crippen molar-refractivity contribution in [3.05, 3.63) is 12.2 Å². The van der Waals surface area contributed by atoms with Gasteiger partial charge in [-0.25, -0.2) is 0 Å². The maximum atomic E-state index is 11.9. The van der Waals surface area contributed by atoms with Crippen molar-refractivity contribution in [1.82, 2.24) is 0 Å². The minimum absolute atomic E-state index is 0.247. The van der Waals surface area contributed by atoms with Crippen LogP contribution in [0.3, 0.4) is 0 Å². The highest BCUT2D eigenvalue weighted by atomic mass is 16.4. The summed E-state index contributed by atoms with van der Waals surface area (Å²) < 4.78 is 0.247. The lowest BCUT2D eigenvalue weighted by molar-refractivity contribution is -0.935. The zero-order chi connectivity index (χ0) is 25.3. The van der Waals surface area contributed by atoms with Gasteiger partial charge in [0.1, 0.15) is 17.8 Å². The predicted octanol–water partition coefficient (Wildman–Crippen LogP) is 5.44.